The molecule has 3 aromatic rings. The molecule has 0 unspecified atom stereocenters. The molecule has 0 aliphatic heterocycles. The summed E-state index contributed by atoms with van der Waals surface area (Å²) in [6.45, 7) is 1.93. The lowest BCUT2D eigenvalue weighted by Crippen LogP contribution is -1.99. The van der Waals surface area contributed by atoms with Crippen LogP contribution >= 0.6 is 0 Å². The van der Waals surface area contributed by atoms with Gasteiger partial charge >= 0.3 is 0 Å². The SMILES string of the molecule is Cc1cc(-c2cncc(S(C)(=O)=O)c2)cn2ncnc12. The maximum Gasteiger partial charge on any atom is 0.177 e. The van der Waals surface area contributed by atoms with E-state index in [0.29, 0.717) is 0 Å². The average Bonchev–Trinajstić information content (AvgIpc) is 2.87. The molecule has 6 nitrogen and oxygen atoms in total. The first-order valence-corrected chi connectivity index (χ1v) is 7.80. The fourth-order valence-corrected chi connectivity index (χ4v) is 2.62. The van der Waals surface area contributed by atoms with E-state index >= 15 is 0 Å². The van der Waals surface area contributed by atoms with Gasteiger partial charge < -0.3 is 0 Å². The van der Waals surface area contributed by atoms with Crippen LogP contribution in [0.5, 0.6) is 0 Å². The van der Waals surface area contributed by atoms with Crippen molar-refractivity contribution in [3.8, 4) is 11.1 Å². The highest BCUT2D eigenvalue weighted by Gasteiger charge is 2.10. The number of sulfone groups is 1. The van der Waals surface area contributed by atoms with Crippen molar-refractivity contribution in [1.82, 2.24) is 19.6 Å². The lowest BCUT2D eigenvalue weighted by molar-refractivity contribution is 0.601. The van der Waals surface area contributed by atoms with E-state index in [9.17, 15) is 8.42 Å². The molecule has 20 heavy (non-hydrogen) atoms. The minimum absolute atomic E-state index is 0.200. The van der Waals surface area contributed by atoms with E-state index in [2.05, 4.69) is 15.1 Å². The Bertz CT molecular complexity index is 900. The standard InChI is InChI=1S/C13H12N4O2S/c1-9-3-11(7-17-13(9)15-8-16-17)10-4-12(6-14-5-10)20(2,18)19/h3-8H,1-2H3. The van der Waals surface area contributed by atoms with Crippen molar-refractivity contribution in [2.75, 3.05) is 6.26 Å². The number of hydrogen-bond acceptors (Lipinski definition) is 5. The zero-order valence-corrected chi connectivity index (χ0v) is 11.8. The Morgan fingerprint density at radius 3 is 2.70 bits per heavy atom. The van der Waals surface area contributed by atoms with Gasteiger partial charge in [-0.1, -0.05) is 0 Å². The maximum atomic E-state index is 11.6. The Morgan fingerprint density at radius 2 is 1.95 bits per heavy atom. The Labute approximate surface area is 116 Å². The minimum Gasteiger partial charge on any atom is -0.263 e. The van der Waals surface area contributed by atoms with Crippen LogP contribution in [0.3, 0.4) is 0 Å². The molecule has 0 saturated heterocycles. The van der Waals surface area contributed by atoms with E-state index in [1.165, 1.54) is 18.8 Å². The van der Waals surface area contributed by atoms with E-state index in [4.69, 9.17) is 0 Å². The van der Waals surface area contributed by atoms with Crippen molar-refractivity contribution < 1.29 is 8.42 Å². The molecule has 0 N–H and O–H groups in total. The molecular weight excluding hydrogens is 276 g/mol. The Morgan fingerprint density at radius 1 is 1.15 bits per heavy atom. The predicted molar refractivity (Wildman–Crippen MR) is 74.1 cm³/mol. The van der Waals surface area contributed by atoms with Gasteiger partial charge in [-0.25, -0.2) is 17.9 Å². The summed E-state index contributed by atoms with van der Waals surface area (Å²) >= 11 is 0. The van der Waals surface area contributed by atoms with Gasteiger partial charge in [0.2, 0.25) is 0 Å². The first-order valence-electron chi connectivity index (χ1n) is 5.90. The molecule has 0 saturated carbocycles. The molecule has 0 aliphatic carbocycles. The highest BCUT2D eigenvalue weighted by molar-refractivity contribution is 7.90. The third-order valence-electron chi connectivity index (χ3n) is 3.03. The number of pyridine rings is 2. The van der Waals surface area contributed by atoms with Crippen molar-refractivity contribution in [2.24, 2.45) is 0 Å². The van der Waals surface area contributed by atoms with Crippen LogP contribution in [0.15, 0.2) is 41.9 Å². The molecule has 0 atom stereocenters. The summed E-state index contributed by atoms with van der Waals surface area (Å²) in [7, 11) is -3.27. The van der Waals surface area contributed by atoms with Gasteiger partial charge in [0.15, 0.2) is 15.5 Å². The molecule has 3 aromatic heterocycles. The number of hydrogen-bond donors (Lipinski definition) is 0. The molecular formula is C13H12N4O2S. The predicted octanol–water partition coefficient (Wildman–Crippen LogP) is 1.50. The van der Waals surface area contributed by atoms with E-state index in [1.807, 2.05) is 13.0 Å². The summed E-state index contributed by atoms with van der Waals surface area (Å²) in [5, 5.41) is 4.10. The van der Waals surface area contributed by atoms with Gasteiger partial charge in [0.05, 0.1) is 4.90 Å². The van der Waals surface area contributed by atoms with Gasteiger partial charge in [-0.05, 0) is 24.6 Å². The van der Waals surface area contributed by atoms with Crippen molar-refractivity contribution >= 4 is 15.5 Å². The van der Waals surface area contributed by atoms with Crippen molar-refractivity contribution in [3.63, 3.8) is 0 Å². The van der Waals surface area contributed by atoms with E-state index in [-0.39, 0.29) is 4.90 Å². The van der Waals surface area contributed by atoms with Gasteiger partial charge in [-0.2, -0.15) is 5.10 Å². The highest BCUT2D eigenvalue weighted by Crippen LogP contribution is 2.23. The van der Waals surface area contributed by atoms with Gasteiger partial charge in [0.1, 0.15) is 6.33 Å². The van der Waals surface area contributed by atoms with Crippen LogP contribution in [-0.2, 0) is 9.84 Å². The maximum absolute atomic E-state index is 11.6. The lowest BCUT2D eigenvalue weighted by Gasteiger charge is -2.06. The van der Waals surface area contributed by atoms with E-state index < -0.39 is 9.84 Å². The fraction of sp³-hybridized carbons (Fsp3) is 0.154. The summed E-state index contributed by atoms with van der Waals surface area (Å²) in [5.74, 6) is 0. The summed E-state index contributed by atoms with van der Waals surface area (Å²) in [4.78, 5) is 8.35. The molecule has 0 aliphatic rings. The Balaban J connectivity index is 2.20. The second-order valence-corrected chi connectivity index (χ2v) is 6.64. The quantitative estimate of drug-likeness (QED) is 0.714. The monoisotopic (exact) mass is 288 g/mol. The number of rotatable bonds is 2. The van der Waals surface area contributed by atoms with Crippen LogP contribution in [0.2, 0.25) is 0 Å². The smallest absolute Gasteiger partial charge is 0.177 e. The molecule has 0 radical (unpaired) electrons. The molecule has 3 heterocycles. The number of aryl methyl sites for hydroxylation is 1. The van der Waals surface area contributed by atoms with Crippen LogP contribution in [0, 0.1) is 6.92 Å². The summed E-state index contributed by atoms with van der Waals surface area (Å²) in [5.41, 5.74) is 3.32. The fourth-order valence-electron chi connectivity index (χ4n) is 2.03. The van der Waals surface area contributed by atoms with Gasteiger partial charge in [0.25, 0.3) is 0 Å². The molecule has 7 heteroatoms. The van der Waals surface area contributed by atoms with Crippen LogP contribution in [0.4, 0.5) is 0 Å². The first kappa shape index (κ1) is 12.7. The molecule has 0 spiro atoms. The van der Waals surface area contributed by atoms with Crippen LogP contribution < -0.4 is 0 Å². The second kappa shape index (κ2) is 4.38. The lowest BCUT2D eigenvalue weighted by atomic mass is 10.1. The van der Waals surface area contributed by atoms with Crippen molar-refractivity contribution in [2.45, 2.75) is 11.8 Å². The zero-order valence-electron chi connectivity index (χ0n) is 11.0. The normalized spacial score (nSPS) is 11.9. The Kier molecular flexibility index (Phi) is 2.79. The summed E-state index contributed by atoms with van der Waals surface area (Å²) in [6.07, 6.45) is 7.43. The number of nitrogens with zero attached hydrogens (tertiary/aromatic N) is 4. The minimum atomic E-state index is -3.27. The van der Waals surface area contributed by atoms with Crippen molar-refractivity contribution in [3.05, 3.63) is 42.6 Å². The molecule has 102 valence electrons. The van der Waals surface area contributed by atoms with Gasteiger partial charge in [-0.15, -0.1) is 0 Å². The third-order valence-corrected chi connectivity index (χ3v) is 4.11. The molecule has 0 aromatic carbocycles. The zero-order chi connectivity index (χ0) is 14.3. The number of fused-ring (bicyclic) bond motifs is 1. The van der Waals surface area contributed by atoms with Gasteiger partial charge in [0, 0.05) is 36.0 Å². The molecule has 0 amide bonds. The Hall–Kier alpha value is -2.28. The molecule has 0 bridgehead atoms. The summed E-state index contributed by atoms with van der Waals surface area (Å²) < 4.78 is 24.8. The van der Waals surface area contributed by atoms with Gasteiger partial charge in [-0.3, -0.25) is 4.98 Å². The first-order chi connectivity index (χ1) is 9.45. The largest absolute Gasteiger partial charge is 0.263 e. The summed E-state index contributed by atoms with van der Waals surface area (Å²) in [6, 6.07) is 3.55. The van der Waals surface area contributed by atoms with Crippen LogP contribution in [0.1, 0.15) is 5.56 Å². The van der Waals surface area contributed by atoms with E-state index in [0.717, 1.165) is 22.3 Å². The molecule has 0 fully saturated rings. The van der Waals surface area contributed by atoms with E-state index in [1.54, 1.807) is 23.0 Å². The average molecular weight is 288 g/mol. The second-order valence-electron chi connectivity index (χ2n) is 4.62. The topological polar surface area (TPSA) is 77.2 Å². The van der Waals surface area contributed by atoms with Crippen LogP contribution in [-0.4, -0.2) is 34.3 Å². The van der Waals surface area contributed by atoms with Crippen LogP contribution in [0.25, 0.3) is 16.8 Å². The van der Waals surface area contributed by atoms with Crippen molar-refractivity contribution in [1.29, 1.82) is 0 Å². The number of aromatic nitrogens is 4. The molecule has 3 rings (SSSR count). The third kappa shape index (κ3) is 2.16. The highest BCUT2D eigenvalue weighted by atomic mass is 32.2.